The van der Waals surface area contributed by atoms with Crippen LogP contribution in [0, 0.1) is 0 Å². The van der Waals surface area contributed by atoms with E-state index in [1.54, 1.807) is 34.7 Å². The highest BCUT2D eigenvalue weighted by molar-refractivity contribution is 7.99. The van der Waals surface area contributed by atoms with Gasteiger partial charge in [0, 0.05) is 12.2 Å². The molecule has 2 heterocycles. The summed E-state index contributed by atoms with van der Waals surface area (Å²) in [4.78, 5) is 25.1. The zero-order valence-corrected chi connectivity index (χ0v) is 17.3. The maximum absolute atomic E-state index is 12.9. The van der Waals surface area contributed by atoms with Crippen LogP contribution in [-0.4, -0.2) is 30.8 Å². The lowest BCUT2D eigenvalue weighted by molar-refractivity contribution is -0.137. The number of benzene rings is 2. The SMILES string of the molecule is C=CCn1c(=O)c2ccccc2n2c(SCC(=O)Nc3cccc(C(F)(F)F)c3)nnc12. The molecular formula is C21H16F3N5O2S. The second-order valence-electron chi connectivity index (χ2n) is 6.75. The Morgan fingerprint density at radius 3 is 2.69 bits per heavy atom. The fraction of sp³-hybridized carbons (Fsp3) is 0.143. The van der Waals surface area contributed by atoms with Crippen molar-refractivity contribution in [2.45, 2.75) is 17.9 Å². The fourth-order valence-electron chi connectivity index (χ4n) is 3.22. The summed E-state index contributed by atoms with van der Waals surface area (Å²) < 4.78 is 41.7. The van der Waals surface area contributed by atoms with Crippen molar-refractivity contribution in [2.75, 3.05) is 11.1 Å². The van der Waals surface area contributed by atoms with Crippen LogP contribution in [0.4, 0.5) is 18.9 Å². The van der Waals surface area contributed by atoms with Crippen LogP contribution in [0.3, 0.4) is 0 Å². The second kappa shape index (κ2) is 8.50. The molecule has 0 aliphatic carbocycles. The molecule has 1 N–H and O–H groups in total. The monoisotopic (exact) mass is 459 g/mol. The molecule has 4 rings (SSSR count). The van der Waals surface area contributed by atoms with Gasteiger partial charge in [-0.3, -0.25) is 18.6 Å². The van der Waals surface area contributed by atoms with E-state index in [1.165, 1.54) is 16.7 Å². The van der Waals surface area contributed by atoms with E-state index in [2.05, 4.69) is 22.1 Å². The third-order valence-electron chi connectivity index (χ3n) is 4.60. The zero-order valence-electron chi connectivity index (χ0n) is 16.5. The number of allylic oxidation sites excluding steroid dienone is 1. The van der Waals surface area contributed by atoms with E-state index >= 15 is 0 Å². The first-order valence-corrected chi connectivity index (χ1v) is 10.4. The third-order valence-corrected chi connectivity index (χ3v) is 5.52. The number of carbonyl (C=O) groups excluding carboxylic acids is 1. The predicted molar refractivity (Wildman–Crippen MR) is 116 cm³/mol. The standard InChI is InChI=1S/C21H16F3N5O2S/c1-2-10-28-18(31)15-8-3-4-9-16(15)29-19(28)26-27-20(29)32-12-17(30)25-14-7-5-6-13(11-14)21(22,23)24/h2-9,11H,1,10,12H2,(H,25,30). The van der Waals surface area contributed by atoms with E-state index < -0.39 is 17.6 Å². The molecule has 0 aliphatic heterocycles. The molecule has 0 bridgehead atoms. The Labute approximate surface area is 183 Å². The molecule has 32 heavy (non-hydrogen) atoms. The normalized spacial score (nSPS) is 11.7. The summed E-state index contributed by atoms with van der Waals surface area (Å²) >= 11 is 1.06. The summed E-state index contributed by atoms with van der Waals surface area (Å²) in [5.41, 5.74) is -0.460. The number of nitrogens with zero attached hydrogens (tertiary/aromatic N) is 4. The molecule has 0 fully saturated rings. The van der Waals surface area contributed by atoms with Crippen molar-refractivity contribution in [3.8, 4) is 0 Å². The Bertz CT molecular complexity index is 1390. The van der Waals surface area contributed by atoms with Gasteiger partial charge in [0.25, 0.3) is 5.56 Å². The molecule has 11 heteroatoms. The van der Waals surface area contributed by atoms with Crippen LogP contribution >= 0.6 is 11.8 Å². The number of thioether (sulfide) groups is 1. The molecular weight excluding hydrogens is 443 g/mol. The molecule has 0 unspecified atom stereocenters. The number of carbonyl (C=O) groups is 1. The molecule has 164 valence electrons. The molecule has 7 nitrogen and oxygen atoms in total. The summed E-state index contributed by atoms with van der Waals surface area (Å²) in [5, 5.41) is 11.5. The summed E-state index contributed by atoms with van der Waals surface area (Å²) in [6.45, 7) is 3.89. The van der Waals surface area contributed by atoms with Gasteiger partial charge >= 0.3 is 6.18 Å². The maximum atomic E-state index is 12.9. The lowest BCUT2D eigenvalue weighted by atomic mass is 10.2. The van der Waals surface area contributed by atoms with Gasteiger partial charge in [0.05, 0.1) is 22.2 Å². The number of para-hydroxylation sites is 1. The number of anilines is 1. The number of halogens is 3. The Balaban J connectivity index is 1.61. The van der Waals surface area contributed by atoms with Crippen molar-refractivity contribution in [3.05, 3.63) is 77.1 Å². The summed E-state index contributed by atoms with van der Waals surface area (Å²) in [6, 6.07) is 11.4. The lowest BCUT2D eigenvalue weighted by Crippen LogP contribution is -2.22. The molecule has 0 saturated heterocycles. The molecule has 2 aromatic heterocycles. The molecule has 2 aromatic carbocycles. The largest absolute Gasteiger partial charge is 0.416 e. The van der Waals surface area contributed by atoms with Crippen molar-refractivity contribution in [1.82, 2.24) is 19.2 Å². The Hall–Kier alpha value is -3.60. The number of alkyl halides is 3. The topological polar surface area (TPSA) is 81.3 Å². The van der Waals surface area contributed by atoms with Gasteiger partial charge in [0.1, 0.15) is 0 Å². The van der Waals surface area contributed by atoms with Crippen LogP contribution in [0.1, 0.15) is 5.56 Å². The van der Waals surface area contributed by atoms with Gasteiger partial charge in [-0.25, -0.2) is 0 Å². The zero-order chi connectivity index (χ0) is 22.9. The van der Waals surface area contributed by atoms with Gasteiger partial charge in [0.2, 0.25) is 11.7 Å². The molecule has 0 aliphatic rings. The van der Waals surface area contributed by atoms with Crippen molar-refractivity contribution >= 4 is 40.0 Å². The van der Waals surface area contributed by atoms with Crippen molar-refractivity contribution in [3.63, 3.8) is 0 Å². The quantitative estimate of drug-likeness (QED) is 0.349. The number of amides is 1. The molecule has 0 saturated carbocycles. The third kappa shape index (κ3) is 4.11. The van der Waals surface area contributed by atoms with E-state index in [4.69, 9.17) is 0 Å². The Kier molecular flexibility index (Phi) is 5.74. The average Bonchev–Trinajstić information content (AvgIpc) is 3.19. The van der Waals surface area contributed by atoms with Crippen LogP contribution in [0.15, 0.2) is 71.1 Å². The van der Waals surface area contributed by atoms with Gasteiger partial charge in [-0.05, 0) is 30.3 Å². The number of hydrogen-bond donors (Lipinski definition) is 1. The van der Waals surface area contributed by atoms with Gasteiger partial charge in [0.15, 0.2) is 5.16 Å². The minimum absolute atomic E-state index is 0.0433. The first kappa shape index (κ1) is 21.6. The highest BCUT2D eigenvalue weighted by atomic mass is 32.2. The van der Waals surface area contributed by atoms with Crippen LogP contribution in [0.25, 0.3) is 16.7 Å². The van der Waals surface area contributed by atoms with Crippen LogP contribution in [-0.2, 0) is 17.5 Å². The van der Waals surface area contributed by atoms with Crippen molar-refractivity contribution < 1.29 is 18.0 Å². The molecule has 0 spiro atoms. The van der Waals surface area contributed by atoms with Gasteiger partial charge in [-0.2, -0.15) is 13.2 Å². The fourth-order valence-corrected chi connectivity index (χ4v) is 3.96. The number of hydrogen-bond acceptors (Lipinski definition) is 5. The smallest absolute Gasteiger partial charge is 0.325 e. The minimum atomic E-state index is -4.50. The lowest BCUT2D eigenvalue weighted by Gasteiger charge is -2.10. The van der Waals surface area contributed by atoms with Crippen molar-refractivity contribution in [1.29, 1.82) is 0 Å². The number of aromatic nitrogens is 4. The second-order valence-corrected chi connectivity index (χ2v) is 7.70. The van der Waals surface area contributed by atoms with Crippen LogP contribution < -0.4 is 10.9 Å². The van der Waals surface area contributed by atoms with E-state index in [0.717, 1.165) is 23.9 Å². The minimum Gasteiger partial charge on any atom is -0.325 e. The molecule has 0 atom stereocenters. The average molecular weight is 459 g/mol. The summed E-state index contributed by atoms with van der Waals surface area (Å²) in [6.07, 6.45) is -2.93. The van der Waals surface area contributed by atoms with Gasteiger partial charge in [-0.1, -0.05) is 36.0 Å². The van der Waals surface area contributed by atoms with Crippen LogP contribution in [0.5, 0.6) is 0 Å². The van der Waals surface area contributed by atoms with E-state index in [0.29, 0.717) is 21.8 Å². The molecule has 1 amide bonds. The highest BCUT2D eigenvalue weighted by Crippen LogP contribution is 2.30. The first-order valence-electron chi connectivity index (χ1n) is 9.37. The molecule has 4 aromatic rings. The first-order chi connectivity index (χ1) is 15.3. The Morgan fingerprint density at radius 2 is 1.94 bits per heavy atom. The van der Waals surface area contributed by atoms with Gasteiger partial charge in [-0.15, -0.1) is 16.8 Å². The number of nitrogens with one attached hydrogen (secondary N) is 1. The molecule has 0 radical (unpaired) electrons. The maximum Gasteiger partial charge on any atom is 0.416 e. The van der Waals surface area contributed by atoms with Crippen LogP contribution in [0.2, 0.25) is 0 Å². The predicted octanol–water partition coefficient (Wildman–Crippen LogP) is 3.98. The summed E-state index contributed by atoms with van der Waals surface area (Å²) in [7, 11) is 0. The Morgan fingerprint density at radius 1 is 1.16 bits per heavy atom. The highest BCUT2D eigenvalue weighted by Gasteiger charge is 2.30. The van der Waals surface area contributed by atoms with E-state index in [-0.39, 0.29) is 23.5 Å². The van der Waals surface area contributed by atoms with E-state index in [9.17, 15) is 22.8 Å². The van der Waals surface area contributed by atoms with E-state index in [1.807, 2.05) is 0 Å². The van der Waals surface area contributed by atoms with Crippen molar-refractivity contribution in [2.24, 2.45) is 0 Å². The number of fused-ring (bicyclic) bond motifs is 3. The van der Waals surface area contributed by atoms with Gasteiger partial charge < -0.3 is 5.32 Å². The summed E-state index contributed by atoms with van der Waals surface area (Å²) in [5.74, 6) is -0.324. The number of rotatable bonds is 6.